The topological polar surface area (TPSA) is 37.4 Å². The molecular formula is C12H19NO2. The molecule has 0 aromatic carbocycles. The van der Waals surface area contributed by atoms with Crippen LogP contribution in [0.2, 0.25) is 0 Å². The Morgan fingerprint density at radius 1 is 1.40 bits per heavy atom. The molecule has 2 atom stereocenters. The van der Waals surface area contributed by atoms with Crippen LogP contribution in [0.4, 0.5) is 0 Å². The molecule has 1 amide bonds. The normalized spacial score (nSPS) is 36.3. The van der Waals surface area contributed by atoms with Crippen LogP contribution in [0.25, 0.3) is 0 Å². The van der Waals surface area contributed by atoms with Crippen LogP contribution in [0, 0.1) is 11.3 Å². The first-order valence-corrected chi connectivity index (χ1v) is 5.76. The summed E-state index contributed by atoms with van der Waals surface area (Å²) in [5, 5.41) is 0. The Labute approximate surface area is 90.8 Å². The number of ketones is 1. The minimum absolute atomic E-state index is 0.0422. The number of nitrogens with zero attached hydrogens (tertiary/aromatic N) is 1. The van der Waals surface area contributed by atoms with E-state index in [4.69, 9.17) is 0 Å². The molecule has 1 aliphatic heterocycles. The highest BCUT2D eigenvalue weighted by atomic mass is 16.2. The quantitative estimate of drug-likeness (QED) is 0.648. The monoisotopic (exact) mass is 209 g/mol. The highest BCUT2D eigenvalue weighted by Crippen LogP contribution is 2.54. The number of carbonyl (C=O) groups is 2. The lowest BCUT2D eigenvalue weighted by molar-refractivity contribution is -0.140. The van der Waals surface area contributed by atoms with Crippen LogP contribution in [0.5, 0.6) is 0 Å². The number of rotatable bonds is 2. The molecule has 1 heterocycles. The van der Waals surface area contributed by atoms with Gasteiger partial charge in [0, 0.05) is 19.0 Å². The first-order valence-electron chi connectivity index (χ1n) is 5.76. The molecule has 0 aromatic heterocycles. The SMILES string of the molecule is CC(C)C1(C)CC1N1CCC(=O)CC1=O. The van der Waals surface area contributed by atoms with Crippen molar-refractivity contribution in [3.63, 3.8) is 0 Å². The standard InChI is InChI=1S/C12H19NO2/c1-8(2)12(3)7-10(12)13-5-4-9(14)6-11(13)15/h8,10H,4-7H2,1-3H3. The second kappa shape index (κ2) is 3.32. The number of amides is 1. The molecule has 2 rings (SSSR count). The van der Waals surface area contributed by atoms with Gasteiger partial charge in [-0.1, -0.05) is 20.8 Å². The van der Waals surface area contributed by atoms with E-state index in [1.165, 1.54) is 0 Å². The Morgan fingerprint density at radius 3 is 2.53 bits per heavy atom. The van der Waals surface area contributed by atoms with Gasteiger partial charge in [-0.05, 0) is 17.8 Å². The lowest BCUT2D eigenvalue weighted by Gasteiger charge is -2.29. The van der Waals surface area contributed by atoms with Crippen LogP contribution in [0.15, 0.2) is 0 Å². The van der Waals surface area contributed by atoms with Crippen molar-refractivity contribution in [3.8, 4) is 0 Å². The highest BCUT2D eigenvalue weighted by Gasteiger charge is 2.56. The molecule has 0 bridgehead atoms. The predicted molar refractivity (Wildman–Crippen MR) is 57.3 cm³/mol. The largest absolute Gasteiger partial charge is 0.338 e. The molecule has 0 spiro atoms. The Kier molecular flexibility index (Phi) is 2.36. The highest BCUT2D eigenvalue weighted by molar-refractivity contribution is 6.00. The van der Waals surface area contributed by atoms with Crippen molar-refractivity contribution in [1.29, 1.82) is 0 Å². The van der Waals surface area contributed by atoms with E-state index in [-0.39, 0.29) is 23.5 Å². The number of likely N-dealkylation sites (tertiary alicyclic amines) is 1. The summed E-state index contributed by atoms with van der Waals surface area (Å²) in [6.45, 7) is 7.30. The van der Waals surface area contributed by atoms with Crippen molar-refractivity contribution in [1.82, 2.24) is 4.90 Å². The third-order valence-electron chi connectivity index (χ3n) is 4.23. The molecule has 1 saturated carbocycles. The maximum absolute atomic E-state index is 11.7. The van der Waals surface area contributed by atoms with Crippen LogP contribution in [0.3, 0.4) is 0 Å². The fourth-order valence-electron chi connectivity index (χ4n) is 2.50. The molecule has 0 aromatic rings. The van der Waals surface area contributed by atoms with Crippen molar-refractivity contribution in [2.45, 2.75) is 46.1 Å². The van der Waals surface area contributed by atoms with Crippen molar-refractivity contribution < 1.29 is 9.59 Å². The van der Waals surface area contributed by atoms with Gasteiger partial charge in [0.05, 0.1) is 6.42 Å². The molecule has 0 N–H and O–H groups in total. The molecular weight excluding hydrogens is 190 g/mol. The zero-order valence-corrected chi connectivity index (χ0v) is 9.75. The lowest BCUT2D eigenvalue weighted by atomic mass is 9.93. The summed E-state index contributed by atoms with van der Waals surface area (Å²) in [7, 11) is 0. The van der Waals surface area contributed by atoms with Gasteiger partial charge in [0.15, 0.2) is 0 Å². The first-order chi connectivity index (χ1) is 6.95. The molecule has 2 unspecified atom stereocenters. The van der Waals surface area contributed by atoms with Gasteiger partial charge < -0.3 is 4.90 Å². The zero-order chi connectivity index (χ0) is 11.2. The molecule has 84 valence electrons. The Hall–Kier alpha value is -0.860. The van der Waals surface area contributed by atoms with E-state index in [0.717, 1.165) is 6.42 Å². The zero-order valence-electron chi connectivity index (χ0n) is 9.75. The van der Waals surface area contributed by atoms with E-state index in [1.54, 1.807) is 0 Å². The van der Waals surface area contributed by atoms with E-state index in [0.29, 0.717) is 24.9 Å². The molecule has 1 saturated heterocycles. The minimum atomic E-state index is 0.0422. The summed E-state index contributed by atoms with van der Waals surface area (Å²) in [6, 6.07) is 0.387. The maximum atomic E-state index is 11.7. The van der Waals surface area contributed by atoms with Crippen molar-refractivity contribution >= 4 is 11.7 Å². The number of hydrogen-bond acceptors (Lipinski definition) is 2. The third kappa shape index (κ3) is 1.68. The van der Waals surface area contributed by atoms with Crippen LogP contribution in [-0.4, -0.2) is 29.2 Å². The number of carbonyl (C=O) groups excluding carboxylic acids is 2. The van der Waals surface area contributed by atoms with E-state index >= 15 is 0 Å². The van der Waals surface area contributed by atoms with Gasteiger partial charge in [-0.3, -0.25) is 9.59 Å². The van der Waals surface area contributed by atoms with Gasteiger partial charge in [0.1, 0.15) is 5.78 Å². The van der Waals surface area contributed by atoms with Crippen LogP contribution in [-0.2, 0) is 9.59 Å². The third-order valence-corrected chi connectivity index (χ3v) is 4.23. The molecule has 3 nitrogen and oxygen atoms in total. The first kappa shape index (κ1) is 10.7. The molecule has 15 heavy (non-hydrogen) atoms. The van der Waals surface area contributed by atoms with E-state index in [2.05, 4.69) is 20.8 Å². The molecule has 2 fully saturated rings. The summed E-state index contributed by atoms with van der Waals surface area (Å²) in [5.41, 5.74) is 0.288. The lowest BCUT2D eigenvalue weighted by Crippen LogP contribution is -2.42. The van der Waals surface area contributed by atoms with Gasteiger partial charge in [-0.25, -0.2) is 0 Å². The summed E-state index contributed by atoms with van der Waals surface area (Å²) < 4.78 is 0. The molecule has 0 radical (unpaired) electrons. The van der Waals surface area contributed by atoms with Crippen LogP contribution >= 0.6 is 0 Å². The summed E-state index contributed by atoms with van der Waals surface area (Å²) in [4.78, 5) is 24.7. The molecule has 1 aliphatic carbocycles. The molecule has 3 heteroatoms. The summed E-state index contributed by atoms with van der Waals surface area (Å²) >= 11 is 0. The second-order valence-corrected chi connectivity index (χ2v) is 5.43. The maximum Gasteiger partial charge on any atom is 0.230 e. The van der Waals surface area contributed by atoms with E-state index < -0.39 is 0 Å². The average molecular weight is 209 g/mol. The van der Waals surface area contributed by atoms with Crippen LogP contribution in [0.1, 0.15) is 40.0 Å². The summed E-state index contributed by atoms with van der Waals surface area (Å²) in [5.74, 6) is 0.747. The number of hydrogen-bond donors (Lipinski definition) is 0. The van der Waals surface area contributed by atoms with Gasteiger partial charge in [-0.2, -0.15) is 0 Å². The van der Waals surface area contributed by atoms with E-state index in [9.17, 15) is 9.59 Å². The number of piperidine rings is 1. The smallest absolute Gasteiger partial charge is 0.230 e. The fourth-order valence-corrected chi connectivity index (χ4v) is 2.50. The van der Waals surface area contributed by atoms with Crippen molar-refractivity contribution in [2.75, 3.05) is 6.54 Å². The minimum Gasteiger partial charge on any atom is -0.338 e. The van der Waals surface area contributed by atoms with Gasteiger partial charge >= 0.3 is 0 Å². The van der Waals surface area contributed by atoms with Gasteiger partial charge in [-0.15, -0.1) is 0 Å². The Balaban J connectivity index is 2.02. The fraction of sp³-hybridized carbons (Fsp3) is 0.833. The Morgan fingerprint density at radius 2 is 2.07 bits per heavy atom. The predicted octanol–water partition coefficient (Wildman–Crippen LogP) is 1.61. The van der Waals surface area contributed by atoms with Crippen molar-refractivity contribution in [3.05, 3.63) is 0 Å². The second-order valence-electron chi connectivity index (χ2n) is 5.43. The van der Waals surface area contributed by atoms with Gasteiger partial charge in [0.2, 0.25) is 5.91 Å². The molecule has 2 aliphatic rings. The van der Waals surface area contributed by atoms with E-state index in [1.807, 2.05) is 4.90 Å². The number of Topliss-reactive ketones (excluding diaryl/α,β-unsaturated/α-hetero) is 1. The summed E-state index contributed by atoms with van der Waals surface area (Å²) in [6.07, 6.45) is 1.78. The van der Waals surface area contributed by atoms with Crippen molar-refractivity contribution in [2.24, 2.45) is 11.3 Å². The van der Waals surface area contributed by atoms with Crippen LogP contribution < -0.4 is 0 Å². The Bertz CT molecular complexity index is 311. The van der Waals surface area contributed by atoms with Gasteiger partial charge in [0.25, 0.3) is 0 Å². The average Bonchev–Trinajstić information content (AvgIpc) is 2.79.